The van der Waals surface area contributed by atoms with Crippen LogP contribution in [0.1, 0.15) is 30.9 Å². The summed E-state index contributed by atoms with van der Waals surface area (Å²) in [6.45, 7) is 6.13. The van der Waals surface area contributed by atoms with E-state index in [-0.39, 0.29) is 12.5 Å². The molecular formula is C20H21N3O3. The molecule has 134 valence electrons. The van der Waals surface area contributed by atoms with E-state index in [0.29, 0.717) is 17.6 Å². The lowest BCUT2D eigenvalue weighted by Crippen LogP contribution is -2.21. The van der Waals surface area contributed by atoms with Gasteiger partial charge in [-0.1, -0.05) is 32.0 Å². The molecule has 0 aliphatic carbocycles. The largest absolute Gasteiger partial charge is 0.484 e. The maximum absolute atomic E-state index is 12.3. The zero-order valence-corrected chi connectivity index (χ0v) is 15.0. The molecule has 3 rings (SSSR count). The maximum atomic E-state index is 12.3. The van der Waals surface area contributed by atoms with Crippen molar-refractivity contribution in [2.45, 2.75) is 26.7 Å². The summed E-state index contributed by atoms with van der Waals surface area (Å²) in [6.07, 6.45) is 1.28. The Morgan fingerprint density at radius 2 is 1.96 bits per heavy atom. The molecule has 1 amide bonds. The fourth-order valence-corrected chi connectivity index (χ4v) is 2.66. The number of rotatable bonds is 6. The Kier molecular flexibility index (Phi) is 5.31. The lowest BCUT2D eigenvalue weighted by molar-refractivity contribution is -0.118. The van der Waals surface area contributed by atoms with Gasteiger partial charge in [-0.15, -0.1) is 10.2 Å². The predicted molar refractivity (Wildman–Crippen MR) is 99.1 cm³/mol. The average Bonchev–Trinajstić information content (AvgIpc) is 3.16. The lowest BCUT2D eigenvalue weighted by Gasteiger charge is -2.16. The molecule has 0 aliphatic heterocycles. The van der Waals surface area contributed by atoms with Gasteiger partial charge < -0.3 is 14.5 Å². The Bertz CT molecular complexity index is 872. The van der Waals surface area contributed by atoms with Crippen LogP contribution in [-0.2, 0) is 4.79 Å². The maximum Gasteiger partial charge on any atom is 0.262 e. The summed E-state index contributed by atoms with van der Waals surface area (Å²) in [7, 11) is 0. The molecule has 0 spiro atoms. The normalized spacial score (nSPS) is 10.8. The number of amides is 1. The molecule has 1 aromatic heterocycles. The van der Waals surface area contributed by atoms with Crippen LogP contribution in [0.25, 0.3) is 11.5 Å². The van der Waals surface area contributed by atoms with Gasteiger partial charge in [-0.25, -0.2) is 0 Å². The Labute approximate surface area is 152 Å². The second kappa shape index (κ2) is 7.82. The Balaban J connectivity index is 1.61. The van der Waals surface area contributed by atoms with Crippen LogP contribution in [0.2, 0.25) is 0 Å². The molecule has 0 atom stereocenters. The molecule has 0 radical (unpaired) electrons. The minimum Gasteiger partial charge on any atom is -0.484 e. The molecule has 0 unspecified atom stereocenters. The van der Waals surface area contributed by atoms with Crippen LogP contribution in [0, 0.1) is 6.92 Å². The first-order valence-corrected chi connectivity index (χ1v) is 8.43. The van der Waals surface area contributed by atoms with Crippen LogP contribution in [0.15, 0.2) is 53.3 Å². The first kappa shape index (κ1) is 17.7. The summed E-state index contributed by atoms with van der Waals surface area (Å²) in [4.78, 5) is 12.3. The third-order valence-electron chi connectivity index (χ3n) is 4.02. The highest BCUT2D eigenvalue weighted by Crippen LogP contribution is 2.27. The van der Waals surface area contributed by atoms with Crippen LogP contribution < -0.4 is 10.1 Å². The minimum absolute atomic E-state index is 0.0637. The van der Waals surface area contributed by atoms with E-state index in [9.17, 15) is 4.79 Å². The van der Waals surface area contributed by atoms with Crippen LogP contribution >= 0.6 is 0 Å². The molecule has 0 bridgehead atoms. The van der Waals surface area contributed by atoms with E-state index >= 15 is 0 Å². The molecule has 0 saturated heterocycles. The molecule has 0 saturated carbocycles. The van der Waals surface area contributed by atoms with Crippen LogP contribution in [0.5, 0.6) is 5.75 Å². The third-order valence-corrected chi connectivity index (χ3v) is 4.02. The van der Waals surface area contributed by atoms with Gasteiger partial charge in [0.05, 0.1) is 0 Å². The van der Waals surface area contributed by atoms with Gasteiger partial charge in [0.1, 0.15) is 5.75 Å². The molecule has 2 aromatic carbocycles. The standard InChI is InChI=1S/C20H21N3O3/c1-13(2)17-6-4-5-14(3)19(17)22-18(24)11-25-16-9-7-15(8-10-16)20-23-21-12-26-20/h4-10,12-13H,11H2,1-3H3,(H,22,24). The SMILES string of the molecule is Cc1cccc(C(C)C)c1NC(=O)COc1ccc(-c2nnco2)cc1. The van der Waals surface area contributed by atoms with Crippen LogP contribution in [-0.4, -0.2) is 22.7 Å². The van der Waals surface area contributed by atoms with Crippen molar-refractivity contribution in [2.75, 3.05) is 11.9 Å². The van der Waals surface area contributed by atoms with Gasteiger partial charge in [-0.2, -0.15) is 0 Å². The van der Waals surface area contributed by atoms with Gasteiger partial charge in [0, 0.05) is 11.3 Å². The number of aryl methyl sites for hydroxylation is 1. The highest BCUT2D eigenvalue weighted by Gasteiger charge is 2.12. The van der Waals surface area contributed by atoms with Gasteiger partial charge in [0.25, 0.3) is 5.91 Å². The average molecular weight is 351 g/mol. The van der Waals surface area contributed by atoms with Gasteiger partial charge in [0.2, 0.25) is 12.3 Å². The monoisotopic (exact) mass is 351 g/mol. The number of nitrogens with zero attached hydrogens (tertiary/aromatic N) is 2. The highest BCUT2D eigenvalue weighted by atomic mass is 16.5. The molecule has 1 heterocycles. The molecule has 26 heavy (non-hydrogen) atoms. The number of para-hydroxylation sites is 1. The van der Waals surface area contributed by atoms with Crippen molar-refractivity contribution in [3.05, 3.63) is 60.0 Å². The number of nitrogens with one attached hydrogen (secondary N) is 1. The quantitative estimate of drug-likeness (QED) is 0.721. The first-order chi connectivity index (χ1) is 12.5. The number of benzene rings is 2. The van der Waals surface area contributed by atoms with E-state index in [1.165, 1.54) is 6.39 Å². The van der Waals surface area contributed by atoms with Gasteiger partial charge in [-0.05, 0) is 48.2 Å². The number of hydrogen-bond acceptors (Lipinski definition) is 5. The molecule has 1 N–H and O–H groups in total. The smallest absolute Gasteiger partial charge is 0.262 e. The summed E-state index contributed by atoms with van der Waals surface area (Å²) in [5.41, 5.74) is 3.80. The lowest BCUT2D eigenvalue weighted by atomic mass is 9.98. The van der Waals surface area contributed by atoms with E-state index in [1.807, 2.05) is 25.1 Å². The number of anilines is 1. The minimum atomic E-state index is -0.192. The van der Waals surface area contributed by atoms with Crippen molar-refractivity contribution in [3.8, 4) is 17.2 Å². The van der Waals surface area contributed by atoms with E-state index in [2.05, 4.69) is 29.4 Å². The van der Waals surface area contributed by atoms with Crippen molar-refractivity contribution in [1.82, 2.24) is 10.2 Å². The molecule has 0 aliphatic rings. The summed E-state index contributed by atoms with van der Waals surface area (Å²) < 4.78 is 10.7. The molecule has 0 fully saturated rings. The number of ether oxygens (including phenoxy) is 1. The molecule has 3 aromatic rings. The van der Waals surface area contributed by atoms with Crippen molar-refractivity contribution in [3.63, 3.8) is 0 Å². The molecular weight excluding hydrogens is 330 g/mol. The molecule has 6 nitrogen and oxygen atoms in total. The van der Waals surface area contributed by atoms with Crippen molar-refractivity contribution in [2.24, 2.45) is 0 Å². The summed E-state index contributed by atoms with van der Waals surface area (Å²) >= 11 is 0. The second-order valence-electron chi connectivity index (χ2n) is 6.30. The van der Waals surface area contributed by atoms with E-state index < -0.39 is 0 Å². The summed E-state index contributed by atoms with van der Waals surface area (Å²) in [5.74, 6) is 1.16. The first-order valence-electron chi connectivity index (χ1n) is 8.43. The molecule has 6 heteroatoms. The van der Waals surface area contributed by atoms with Gasteiger partial charge >= 0.3 is 0 Å². The Morgan fingerprint density at radius 1 is 1.19 bits per heavy atom. The number of carbonyl (C=O) groups excluding carboxylic acids is 1. The predicted octanol–water partition coefficient (Wildman–Crippen LogP) is 4.19. The Hall–Kier alpha value is -3.15. The van der Waals surface area contributed by atoms with Gasteiger partial charge in [-0.3, -0.25) is 4.79 Å². The summed E-state index contributed by atoms with van der Waals surface area (Å²) in [5, 5.41) is 10.5. The number of aromatic nitrogens is 2. The number of hydrogen-bond donors (Lipinski definition) is 1. The topological polar surface area (TPSA) is 77.2 Å². The Morgan fingerprint density at radius 3 is 2.62 bits per heavy atom. The zero-order valence-electron chi connectivity index (χ0n) is 15.0. The second-order valence-corrected chi connectivity index (χ2v) is 6.30. The van der Waals surface area contributed by atoms with E-state index in [4.69, 9.17) is 9.15 Å². The third kappa shape index (κ3) is 4.08. The zero-order chi connectivity index (χ0) is 18.5. The number of carbonyl (C=O) groups is 1. The fourth-order valence-electron chi connectivity index (χ4n) is 2.66. The van der Waals surface area contributed by atoms with E-state index in [0.717, 1.165) is 22.4 Å². The highest BCUT2D eigenvalue weighted by molar-refractivity contribution is 5.93. The fraction of sp³-hybridized carbons (Fsp3) is 0.250. The van der Waals surface area contributed by atoms with Crippen LogP contribution in [0.4, 0.5) is 5.69 Å². The summed E-state index contributed by atoms with van der Waals surface area (Å²) in [6, 6.07) is 13.2. The van der Waals surface area contributed by atoms with Crippen LogP contribution in [0.3, 0.4) is 0 Å². The van der Waals surface area contributed by atoms with Crippen molar-refractivity contribution < 1.29 is 13.9 Å². The van der Waals surface area contributed by atoms with E-state index in [1.54, 1.807) is 24.3 Å². The van der Waals surface area contributed by atoms with Crippen molar-refractivity contribution in [1.29, 1.82) is 0 Å². The van der Waals surface area contributed by atoms with Crippen molar-refractivity contribution >= 4 is 11.6 Å². The van der Waals surface area contributed by atoms with Gasteiger partial charge in [0.15, 0.2) is 6.61 Å².